The van der Waals surface area contributed by atoms with Crippen LogP contribution in [0.3, 0.4) is 0 Å². The number of hydrogen-bond acceptors (Lipinski definition) is 3. The molecule has 3 heteroatoms. The summed E-state index contributed by atoms with van der Waals surface area (Å²) in [7, 11) is 0. The molecule has 4 aliphatic rings. The molecule has 0 aromatic carbocycles. The van der Waals surface area contributed by atoms with Gasteiger partial charge in [0, 0.05) is 6.08 Å². The van der Waals surface area contributed by atoms with Gasteiger partial charge in [-0.2, -0.15) is 5.26 Å². The van der Waals surface area contributed by atoms with Gasteiger partial charge in [-0.25, -0.2) is 4.79 Å². The predicted molar refractivity (Wildman–Crippen MR) is 61.7 cm³/mol. The highest BCUT2D eigenvalue weighted by molar-refractivity contribution is 5.81. The zero-order valence-electron chi connectivity index (χ0n) is 9.89. The Morgan fingerprint density at radius 3 is 2.53 bits per heavy atom. The zero-order valence-corrected chi connectivity index (χ0v) is 9.89. The van der Waals surface area contributed by atoms with E-state index in [-0.39, 0.29) is 12.1 Å². The lowest BCUT2D eigenvalue weighted by Gasteiger charge is -2.57. The summed E-state index contributed by atoms with van der Waals surface area (Å²) in [6.45, 7) is 3.43. The van der Waals surface area contributed by atoms with E-state index in [1.807, 2.05) is 0 Å². The molecule has 0 saturated heterocycles. The van der Waals surface area contributed by atoms with Crippen LogP contribution in [0.25, 0.3) is 0 Å². The Balaban J connectivity index is 1.89. The van der Waals surface area contributed by atoms with Crippen LogP contribution in [0.2, 0.25) is 0 Å². The van der Waals surface area contributed by atoms with Crippen molar-refractivity contribution < 1.29 is 9.53 Å². The summed E-state index contributed by atoms with van der Waals surface area (Å²) in [6, 6.07) is 2.48. The molecule has 4 saturated carbocycles. The fraction of sp³-hybridized carbons (Fsp3) is 0.714. The van der Waals surface area contributed by atoms with Crippen molar-refractivity contribution in [1.82, 2.24) is 0 Å². The van der Waals surface area contributed by atoms with Crippen LogP contribution in [-0.2, 0) is 9.53 Å². The molecular formula is C14H17NO2. The van der Waals surface area contributed by atoms with Crippen LogP contribution < -0.4 is 0 Å². The van der Waals surface area contributed by atoms with Crippen molar-refractivity contribution in [2.45, 2.75) is 38.2 Å². The molecule has 0 radical (unpaired) electrons. The van der Waals surface area contributed by atoms with Crippen molar-refractivity contribution in [3.8, 4) is 6.07 Å². The molecule has 0 N–H and O–H groups in total. The minimum Gasteiger partial charge on any atom is -0.457 e. The van der Waals surface area contributed by atoms with Gasteiger partial charge in [0.05, 0.1) is 11.5 Å². The third-order valence-electron chi connectivity index (χ3n) is 4.85. The Morgan fingerprint density at radius 2 is 2.00 bits per heavy atom. The molecule has 3 unspecified atom stereocenters. The van der Waals surface area contributed by atoms with Crippen LogP contribution in [0.4, 0.5) is 0 Å². The van der Waals surface area contributed by atoms with Gasteiger partial charge in [0.25, 0.3) is 0 Å². The van der Waals surface area contributed by atoms with E-state index in [0.717, 1.165) is 25.7 Å². The molecule has 0 aliphatic heterocycles. The molecule has 0 amide bonds. The number of hydrogen-bond donors (Lipinski definition) is 0. The Kier molecular flexibility index (Phi) is 2.29. The van der Waals surface area contributed by atoms with Crippen LogP contribution in [0.1, 0.15) is 32.1 Å². The average Bonchev–Trinajstić information content (AvgIpc) is 2.32. The maximum absolute atomic E-state index is 11.4. The van der Waals surface area contributed by atoms with Crippen molar-refractivity contribution in [3.63, 3.8) is 0 Å². The lowest BCUT2D eigenvalue weighted by atomic mass is 9.48. The Morgan fingerprint density at radius 1 is 1.35 bits per heavy atom. The summed E-state index contributed by atoms with van der Waals surface area (Å²) < 4.78 is 5.49. The van der Waals surface area contributed by atoms with E-state index in [4.69, 9.17) is 4.74 Å². The van der Waals surface area contributed by atoms with Gasteiger partial charge >= 0.3 is 5.97 Å². The zero-order chi connectivity index (χ0) is 12.0. The standard InChI is InChI=1S/C14H17NO2/c1-2-12(16)17-13-11-4-9-3-10(5-11)7-14(13,6-9)8-15/h2,9-11,13H,1,3-7H2. The second-order valence-corrected chi connectivity index (χ2v) is 5.94. The molecule has 3 atom stereocenters. The van der Waals surface area contributed by atoms with Gasteiger partial charge in [0.2, 0.25) is 0 Å². The van der Waals surface area contributed by atoms with Crippen molar-refractivity contribution in [3.05, 3.63) is 12.7 Å². The maximum Gasteiger partial charge on any atom is 0.330 e. The van der Waals surface area contributed by atoms with Gasteiger partial charge < -0.3 is 4.74 Å². The first-order valence-corrected chi connectivity index (χ1v) is 6.41. The Labute approximate surface area is 101 Å². The molecule has 4 aliphatic carbocycles. The molecule has 0 heterocycles. The normalized spacial score (nSPS) is 46.3. The second kappa shape index (κ2) is 3.60. The van der Waals surface area contributed by atoms with Crippen molar-refractivity contribution in [2.24, 2.45) is 23.2 Å². The molecule has 0 aromatic rings. The summed E-state index contributed by atoms with van der Waals surface area (Å²) in [5.74, 6) is 1.40. The van der Waals surface area contributed by atoms with E-state index in [1.165, 1.54) is 12.5 Å². The number of nitrogens with zero attached hydrogens (tertiary/aromatic N) is 1. The molecule has 17 heavy (non-hydrogen) atoms. The summed E-state index contributed by atoms with van der Waals surface area (Å²) >= 11 is 0. The van der Waals surface area contributed by atoms with Gasteiger partial charge in [-0.15, -0.1) is 0 Å². The lowest BCUT2D eigenvalue weighted by Crippen LogP contribution is -2.56. The SMILES string of the molecule is C=CC(=O)OC1C2CC3CC(C2)CC1(C#N)C3. The van der Waals surface area contributed by atoms with Crippen LogP contribution in [0, 0.1) is 34.5 Å². The minimum atomic E-state index is -0.395. The molecular weight excluding hydrogens is 214 g/mol. The second-order valence-electron chi connectivity index (χ2n) is 5.94. The van der Waals surface area contributed by atoms with Crippen LogP contribution in [0.5, 0.6) is 0 Å². The number of nitriles is 1. The van der Waals surface area contributed by atoms with Crippen LogP contribution in [0.15, 0.2) is 12.7 Å². The predicted octanol–water partition coefficient (Wildman–Crippen LogP) is 2.43. The van der Waals surface area contributed by atoms with E-state index in [0.29, 0.717) is 17.8 Å². The van der Waals surface area contributed by atoms with E-state index in [9.17, 15) is 10.1 Å². The first kappa shape index (κ1) is 10.8. The van der Waals surface area contributed by atoms with Crippen molar-refractivity contribution >= 4 is 5.97 Å². The lowest BCUT2D eigenvalue weighted by molar-refractivity contribution is -0.176. The van der Waals surface area contributed by atoms with E-state index < -0.39 is 5.41 Å². The summed E-state index contributed by atoms with van der Waals surface area (Å²) in [4.78, 5) is 11.4. The highest BCUT2D eigenvalue weighted by Crippen LogP contribution is 2.60. The molecule has 90 valence electrons. The third-order valence-corrected chi connectivity index (χ3v) is 4.85. The van der Waals surface area contributed by atoms with Gasteiger partial charge in [-0.3, -0.25) is 0 Å². The van der Waals surface area contributed by atoms with Gasteiger partial charge in [-0.1, -0.05) is 6.58 Å². The fourth-order valence-electron chi connectivity index (χ4n) is 4.53. The highest BCUT2D eigenvalue weighted by atomic mass is 16.5. The van der Waals surface area contributed by atoms with E-state index in [2.05, 4.69) is 12.6 Å². The molecule has 4 bridgehead atoms. The average molecular weight is 231 g/mol. The first-order chi connectivity index (χ1) is 8.16. The van der Waals surface area contributed by atoms with Crippen molar-refractivity contribution in [2.75, 3.05) is 0 Å². The van der Waals surface area contributed by atoms with Gasteiger partial charge in [0.1, 0.15) is 6.10 Å². The molecule has 4 rings (SSSR count). The highest BCUT2D eigenvalue weighted by Gasteiger charge is 2.59. The quantitative estimate of drug-likeness (QED) is 0.541. The molecule has 4 fully saturated rings. The smallest absolute Gasteiger partial charge is 0.330 e. The van der Waals surface area contributed by atoms with Gasteiger partial charge in [-0.05, 0) is 49.9 Å². The summed E-state index contributed by atoms with van der Waals surface area (Å²) in [6.07, 6.45) is 6.41. The largest absolute Gasteiger partial charge is 0.457 e. The van der Waals surface area contributed by atoms with E-state index >= 15 is 0 Å². The van der Waals surface area contributed by atoms with Crippen LogP contribution >= 0.6 is 0 Å². The van der Waals surface area contributed by atoms with Crippen LogP contribution in [-0.4, -0.2) is 12.1 Å². The monoisotopic (exact) mass is 231 g/mol. The number of esters is 1. The molecule has 0 aromatic heterocycles. The number of carbonyl (C=O) groups is 1. The van der Waals surface area contributed by atoms with Crippen molar-refractivity contribution in [1.29, 1.82) is 5.26 Å². The summed E-state index contributed by atoms with van der Waals surface area (Å²) in [5.41, 5.74) is -0.395. The fourth-order valence-corrected chi connectivity index (χ4v) is 4.53. The number of ether oxygens (including phenoxy) is 1. The first-order valence-electron chi connectivity index (χ1n) is 6.41. The van der Waals surface area contributed by atoms with Gasteiger partial charge in [0.15, 0.2) is 0 Å². The minimum absolute atomic E-state index is 0.189. The number of rotatable bonds is 2. The molecule has 3 nitrogen and oxygen atoms in total. The Hall–Kier alpha value is -1.30. The molecule has 0 spiro atoms. The maximum atomic E-state index is 11.4. The summed E-state index contributed by atoms with van der Waals surface area (Å²) in [5, 5.41) is 9.52. The third kappa shape index (κ3) is 1.50. The van der Waals surface area contributed by atoms with E-state index in [1.54, 1.807) is 0 Å². The Bertz CT molecular complexity index is 395. The topological polar surface area (TPSA) is 50.1 Å². The number of carbonyl (C=O) groups excluding carboxylic acids is 1.